The molecule has 1 heterocycles. The molecule has 174 valence electrons. The highest BCUT2D eigenvalue weighted by Crippen LogP contribution is 2.36. The predicted octanol–water partition coefficient (Wildman–Crippen LogP) is 6.26. The second kappa shape index (κ2) is 11.2. The third kappa shape index (κ3) is 5.79. The molecule has 5 nitrogen and oxygen atoms in total. The number of rotatable bonds is 9. The van der Waals surface area contributed by atoms with Crippen LogP contribution < -0.4 is 19.1 Å². The summed E-state index contributed by atoms with van der Waals surface area (Å²) in [5.74, 6) is 2.11. The van der Waals surface area contributed by atoms with Crippen LogP contribution in [0.1, 0.15) is 17.5 Å². The summed E-state index contributed by atoms with van der Waals surface area (Å²) in [4.78, 5) is 15.1. The van der Waals surface area contributed by atoms with Gasteiger partial charge in [0.25, 0.3) is 5.91 Å². The molecule has 1 aliphatic heterocycles. The van der Waals surface area contributed by atoms with Crippen LogP contribution in [0.15, 0.2) is 77.7 Å². The van der Waals surface area contributed by atoms with Gasteiger partial charge in [0.1, 0.15) is 5.75 Å². The molecule has 0 atom stereocenters. The Morgan fingerprint density at radius 3 is 2.41 bits per heavy atom. The van der Waals surface area contributed by atoms with Crippen molar-refractivity contribution >= 4 is 46.0 Å². The molecule has 0 bridgehead atoms. The molecule has 0 radical (unpaired) electrons. The van der Waals surface area contributed by atoms with Gasteiger partial charge in [0.05, 0.1) is 30.9 Å². The Balaban J connectivity index is 1.29. The number of carbonyl (C=O) groups is 1. The van der Waals surface area contributed by atoms with Crippen LogP contribution in [0.25, 0.3) is 6.08 Å². The molecule has 0 N–H and O–H groups in total. The highest BCUT2D eigenvalue weighted by atomic mass is 32.2. The molecular weight excluding hydrogens is 466 g/mol. The maximum atomic E-state index is 12.9. The number of methoxy groups -OCH3 is 1. The third-order valence-electron chi connectivity index (χ3n) is 5.12. The quantitative estimate of drug-likeness (QED) is 0.200. The first-order valence-electron chi connectivity index (χ1n) is 10.9. The van der Waals surface area contributed by atoms with Crippen molar-refractivity contribution in [2.24, 2.45) is 0 Å². The maximum absolute atomic E-state index is 12.9. The van der Waals surface area contributed by atoms with Gasteiger partial charge in [0, 0.05) is 6.42 Å². The lowest BCUT2D eigenvalue weighted by molar-refractivity contribution is -0.113. The van der Waals surface area contributed by atoms with Crippen molar-refractivity contribution in [3.63, 3.8) is 0 Å². The Morgan fingerprint density at radius 2 is 1.68 bits per heavy atom. The summed E-state index contributed by atoms with van der Waals surface area (Å²) >= 11 is 6.78. The number of nitrogens with zero attached hydrogens (tertiary/aromatic N) is 1. The molecule has 0 spiro atoms. The number of benzene rings is 3. The van der Waals surface area contributed by atoms with E-state index in [1.54, 1.807) is 12.0 Å². The number of aryl methyl sites for hydroxylation is 1. The second-order valence-corrected chi connectivity index (χ2v) is 9.30. The molecule has 3 aromatic carbocycles. The third-order valence-corrected chi connectivity index (χ3v) is 6.42. The fourth-order valence-corrected chi connectivity index (χ4v) is 4.74. The molecule has 3 aromatic rings. The van der Waals surface area contributed by atoms with Crippen molar-refractivity contribution in [2.45, 2.75) is 13.3 Å². The second-order valence-electron chi connectivity index (χ2n) is 7.63. The average Bonchev–Trinajstić information content (AvgIpc) is 3.12. The first kappa shape index (κ1) is 23.9. The van der Waals surface area contributed by atoms with Crippen LogP contribution in [0.5, 0.6) is 17.2 Å². The summed E-state index contributed by atoms with van der Waals surface area (Å²) in [7, 11) is 1.63. The standard InChI is InChI=1S/C27H25NO4S2/c1-19-7-5-8-21(17-19)28-26(29)25(34-27(28)33)18-20-11-13-22(14-12-20)31-15-6-16-32-24-10-4-3-9-23(24)30-2/h3-5,7-14,17-18H,6,15-16H2,1-2H3. The number of amides is 1. The minimum Gasteiger partial charge on any atom is -0.493 e. The molecule has 1 fully saturated rings. The lowest BCUT2D eigenvalue weighted by atomic mass is 10.2. The van der Waals surface area contributed by atoms with Crippen LogP contribution in [-0.4, -0.2) is 30.6 Å². The van der Waals surface area contributed by atoms with Gasteiger partial charge in [0.15, 0.2) is 15.8 Å². The van der Waals surface area contributed by atoms with Gasteiger partial charge >= 0.3 is 0 Å². The van der Waals surface area contributed by atoms with Crippen LogP contribution >= 0.6 is 24.0 Å². The molecule has 1 amide bonds. The van der Waals surface area contributed by atoms with Crippen LogP contribution in [0, 0.1) is 6.92 Å². The van der Waals surface area contributed by atoms with Crippen LogP contribution in [-0.2, 0) is 4.79 Å². The zero-order valence-corrected chi connectivity index (χ0v) is 20.7. The van der Waals surface area contributed by atoms with Crippen molar-refractivity contribution < 1.29 is 19.0 Å². The van der Waals surface area contributed by atoms with Crippen molar-refractivity contribution in [1.29, 1.82) is 0 Å². The van der Waals surface area contributed by atoms with Gasteiger partial charge in [-0.15, -0.1) is 0 Å². The Kier molecular flexibility index (Phi) is 7.87. The number of ether oxygens (including phenoxy) is 3. The van der Waals surface area contributed by atoms with Gasteiger partial charge in [0.2, 0.25) is 0 Å². The fourth-order valence-electron chi connectivity index (χ4n) is 3.44. The molecule has 7 heteroatoms. The zero-order valence-electron chi connectivity index (χ0n) is 19.0. The molecule has 0 saturated carbocycles. The van der Waals surface area contributed by atoms with Crippen LogP contribution in [0.2, 0.25) is 0 Å². The van der Waals surface area contributed by atoms with Crippen LogP contribution in [0.4, 0.5) is 5.69 Å². The van der Waals surface area contributed by atoms with E-state index in [4.69, 9.17) is 26.4 Å². The van der Waals surface area contributed by atoms with E-state index in [9.17, 15) is 4.79 Å². The van der Waals surface area contributed by atoms with E-state index in [0.717, 1.165) is 40.5 Å². The highest BCUT2D eigenvalue weighted by Gasteiger charge is 2.33. The molecule has 0 aromatic heterocycles. The maximum Gasteiger partial charge on any atom is 0.270 e. The molecule has 0 unspecified atom stereocenters. The molecule has 1 saturated heterocycles. The first-order valence-corrected chi connectivity index (χ1v) is 12.1. The largest absolute Gasteiger partial charge is 0.493 e. The van der Waals surface area contributed by atoms with E-state index in [1.165, 1.54) is 11.8 Å². The van der Waals surface area contributed by atoms with E-state index in [0.29, 0.717) is 22.4 Å². The Bertz CT molecular complexity index is 1210. The molecule has 1 aliphatic rings. The lowest BCUT2D eigenvalue weighted by Crippen LogP contribution is -2.27. The summed E-state index contributed by atoms with van der Waals surface area (Å²) < 4.78 is 17.4. The molecule has 0 aliphatic carbocycles. The smallest absolute Gasteiger partial charge is 0.270 e. The van der Waals surface area contributed by atoms with Gasteiger partial charge < -0.3 is 14.2 Å². The molecule has 4 rings (SSSR count). The Labute approximate surface area is 209 Å². The first-order chi connectivity index (χ1) is 16.5. The summed E-state index contributed by atoms with van der Waals surface area (Å²) in [5.41, 5.74) is 2.79. The van der Waals surface area contributed by atoms with Crippen LogP contribution in [0.3, 0.4) is 0 Å². The number of hydrogen-bond donors (Lipinski definition) is 0. The van der Waals surface area contributed by atoms with Gasteiger partial charge in [-0.1, -0.05) is 60.4 Å². The topological polar surface area (TPSA) is 48.0 Å². The predicted molar refractivity (Wildman–Crippen MR) is 142 cm³/mol. The van der Waals surface area contributed by atoms with Crippen molar-refractivity contribution in [3.05, 3.63) is 88.8 Å². The number of carbonyl (C=O) groups excluding carboxylic acids is 1. The Morgan fingerprint density at radius 1 is 0.941 bits per heavy atom. The van der Waals surface area contributed by atoms with E-state index in [2.05, 4.69) is 0 Å². The van der Waals surface area contributed by atoms with Crippen molar-refractivity contribution in [2.75, 3.05) is 25.2 Å². The SMILES string of the molecule is COc1ccccc1OCCCOc1ccc(C=C2SC(=S)N(c3cccc(C)c3)C2=O)cc1. The average molecular weight is 492 g/mol. The number of anilines is 1. The summed E-state index contributed by atoms with van der Waals surface area (Å²) in [6.07, 6.45) is 2.60. The normalized spacial score (nSPS) is 14.5. The zero-order chi connectivity index (χ0) is 23.9. The van der Waals surface area contributed by atoms with Crippen molar-refractivity contribution in [1.82, 2.24) is 0 Å². The number of para-hydroxylation sites is 2. The minimum atomic E-state index is -0.101. The Hall–Kier alpha value is -3.29. The summed E-state index contributed by atoms with van der Waals surface area (Å²) in [6, 6.07) is 23.0. The van der Waals surface area contributed by atoms with Gasteiger partial charge in [-0.3, -0.25) is 9.69 Å². The monoisotopic (exact) mass is 491 g/mol. The molecular formula is C27H25NO4S2. The number of hydrogen-bond acceptors (Lipinski definition) is 6. The lowest BCUT2D eigenvalue weighted by Gasteiger charge is -2.14. The highest BCUT2D eigenvalue weighted by molar-refractivity contribution is 8.27. The summed E-state index contributed by atoms with van der Waals surface area (Å²) in [5, 5.41) is 0. The number of thioether (sulfide) groups is 1. The van der Waals surface area contributed by atoms with E-state index in [-0.39, 0.29) is 5.91 Å². The van der Waals surface area contributed by atoms with E-state index in [1.807, 2.05) is 85.8 Å². The van der Waals surface area contributed by atoms with Crippen molar-refractivity contribution in [3.8, 4) is 17.2 Å². The van der Waals surface area contributed by atoms with Gasteiger partial charge in [-0.25, -0.2) is 0 Å². The van der Waals surface area contributed by atoms with Gasteiger partial charge in [-0.05, 0) is 60.5 Å². The number of thiocarbonyl (C=S) groups is 1. The van der Waals surface area contributed by atoms with E-state index < -0.39 is 0 Å². The molecule has 34 heavy (non-hydrogen) atoms. The minimum absolute atomic E-state index is 0.101. The fraction of sp³-hybridized carbons (Fsp3) is 0.185. The summed E-state index contributed by atoms with van der Waals surface area (Å²) in [6.45, 7) is 3.05. The van der Waals surface area contributed by atoms with E-state index >= 15 is 0 Å². The van der Waals surface area contributed by atoms with Gasteiger partial charge in [-0.2, -0.15) is 0 Å².